The molecule has 1 aromatic heterocycles. The van der Waals surface area contributed by atoms with Crippen molar-refractivity contribution in [3.8, 4) is 28.6 Å². The maximum absolute atomic E-state index is 12.4. The highest BCUT2D eigenvalue weighted by molar-refractivity contribution is 7.86. The van der Waals surface area contributed by atoms with E-state index in [2.05, 4.69) is 0 Å². The number of phenols is 2. The first-order valence-electron chi connectivity index (χ1n) is 7.50. The third-order valence-corrected chi connectivity index (χ3v) is 5.64. The zero-order valence-electron chi connectivity index (χ0n) is 14.3. The van der Waals surface area contributed by atoms with Crippen molar-refractivity contribution in [3.05, 3.63) is 40.6 Å². The lowest BCUT2D eigenvalue weighted by atomic mass is 10.1. The van der Waals surface area contributed by atoms with Gasteiger partial charge >= 0.3 is 0 Å². The van der Waals surface area contributed by atoms with Crippen LogP contribution >= 0.6 is 0 Å². The highest BCUT2D eigenvalue weighted by Crippen LogP contribution is 2.40. The van der Waals surface area contributed by atoms with Crippen LogP contribution in [0, 0.1) is 0 Å². The van der Waals surface area contributed by atoms with Crippen molar-refractivity contribution in [1.82, 2.24) is 0 Å². The Morgan fingerprint density at radius 3 is 2.17 bits per heavy atom. The van der Waals surface area contributed by atoms with E-state index >= 15 is 0 Å². The van der Waals surface area contributed by atoms with Crippen LogP contribution in [0.5, 0.6) is 17.2 Å². The van der Waals surface area contributed by atoms with E-state index in [1.54, 1.807) is 0 Å². The van der Waals surface area contributed by atoms with E-state index in [-0.39, 0.29) is 0 Å². The molecule has 0 aliphatic carbocycles. The maximum Gasteiger partial charge on any atom is 0.298 e. The largest absolute Gasteiger partial charge is 0.507 e. The van der Waals surface area contributed by atoms with Crippen LogP contribution in [-0.2, 0) is 20.2 Å². The predicted molar refractivity (Wildman–Crippen MR) is 97.4 cm³/mol. The predicted octanol–water partition coefficient (Wildman–Crippen LogP) is 1.37. The van der Waals surface area contributed by atoms with Gasteiger partial charge in [0.1, 0.15) is 21.8 Å². The number of hydrogen-bond acceptors (Lipinski definition) is 9. The maximum atomic E-state index is 12.4. The lowest BCUT2D eigenvalue weighted by Gasteiger charge is -2.12. The van der Waals surface area contributed by atoms with Crippen molar-refractivity contribution in [2.24, 2.45) is 0 Å². The van der Waals surface area contributed by atoms with E-state index in [0.29, 0.717) is 0 Å². The fourth-order valence-corrected chi connectivity index (χ4v) is 3.77. The van der Waals surface area contributed by atoms with Crippen LogP contribution in [0.25, 0.3) is 22.3 Å². The molecule has 2 aromatic carbocycles. The second-order valence-electron chi connectivity index (χ2n) is 5.73. The van der Waals surface area contributed by atoms with Gasteiger partial charge in [-0.05, 0) is 18.2 Å². The Balaban J connectivity index is 2.48. The molecule has 11 nitrogen and oxygen atoms in total. The Kier molecular flexibility index (Phi) is 4.78. The monoisotopic (exact) mass is 444 g/mol. The highest BCUT2D eigenvalue weighted by atomic mass is 32.2. The van der Waals surface area contributed by atoms with Crippen molar-refractivity contribution in [3.63, 3.8) is 0 Å². The zero-order chi connectivity index (χ0) is 21.7. The first-order chi connectivity index (χ1) is 13.3. The summed E-state index contributed by atoms with van der Waals surface area (Å²) in [6.45, 7) is 0. The molecule has 0 spiro atoms. The Morgan fingerprint density at radius 2 is 1.62 bits per heavy atom. The molecule has 0 saturated carbocycles. The van der Waals surface area contributed by atoms with Gasteiger partial charge in [0.25, 0.3) is 20.2 Å². The molecular weight excluding hydrogens is 432 g/mol. The van der Waals surface area contributed by atoms with Gasteiger partial charge in [0.05, 0.1) is 17.6 Å². The molecule has 3 rings (SSSR count). The summed E-state index contributed by atoms with van der Waals surface area (Å²) in [4.78, 5) is 10.9. The molecule has 0 aliphatic rings. The Bertz CT molecular complexity index is 1420. The fourth-order valence-electron chi connectivity index (χ4n) is 2.63. The lowest BCUT2D eigenvalue weighted by Crippen LogP contribution is -2.06. The molecule has 1 heterocycles. The molecule has 0 unspecified atom stereocenters. The standard InChI is InChI=1S/C16H12O11S2/c1-26-12-5-7(28(20,21)22)4-8(15(12)19)11-6-10(18)14-9(17)2-3-13(16(14)27-11)29(23,24)25/h2-6,17,19H,1H3,(H,20,21,22)(H,23,24,25). The molecule has 0 atom stereocenters. The Morgan fingerprint density at radius 1 is 0.966 bits per heavy atom. The van der Waals surface area contributed by atoms with Gasteiger partial charge in [0.15, 0.2) is 22.5 Å². The second-order valence-corrected chi connectivity index (χ2v) is 8.55. The van der Waals surface area contributed by atoms with Crippen LogP contribution < -0.4 is 10.2 Å². The number of benzene rings is 2. The molecule has 0 fully saturated rings. The zero-order valence-corrected chi connectivity index (χ0v) is 16.0. The van der Waals surface area contributed by atoms with Crippen LogP contribution in [0.3, 0.4) is 0 Å². The average molecular weight is 444 g/mol. The molecule has 29 heavy (non-hydrogen) atoms. The van der Waals surface area contributed by atoms with Crippen molar-refractivity contribution < 1.29 is 45.3 Å². The van der Waals surface area contributed by atoms with Crippen LogP contribution in [0.2, 0.25) is 0 Å². The van der Waals surface area contributed by atoms with Crippen LogP contribution in [-0.4, -0.2) is 43.3 Å². The molecular formula is C16H12O11S2. The molecule has 0 bridgehead atoms. The third kappa shape index (κ3) is 3.63. The van der Waals surface area contributed by atoms with Crippen LogP contribution in [0.15, 0.2) is 49.3 Å². The molecule has 4 N–H and O–H groups in total. The van der Waals surface area contributed by atoms with E-state index in [0.717, 1.165) is 37.4 Å². The van der Waals surface area contributed by atoms with Gasteiger partial charge in [-0.25, -0.2) is 0 Å². The number of aromatic hydroxyl groups is 2. The van der Waals surface area contributed by atoms with Gasteiger partial charge in [-0.15, -0.1) is 0 Å². The minimum absolute atomic E-state index is 0.399. The quantitative estimate of drug-likeness (QED) is 0.425. The number of methoxy groups -OCH3 is 1. The van der Waals surface area contributed by atoms with Gasteiger partial charge in [-0.3, -0.25) is 13.9 Å². The number of rotatable bonds is 4. The Labute approximate surface area is 162 Å². The summed E-state index contributed by atoms with van der Waals surface area (Å²) in [6, 6.07) is 3.96. The summed E-state index contributed by atoms with van der Waals surface area (Å²) in [5.74, 6) is -2.25. The van der Waals surface area contributed by atoms with E-state index in [1.165, 1.54) is 0 Å². The molecule has 154 valence electrons. The summed E-state index contributed by atoms with van der Waals surface area (Å²) in [7, 11) is -8.55. The summed E-state index contributed by atoms with van der Waals surface area (Å²) < 4.78 is 75.0. The first kappa shape index (κ1) is 20.6. The summed E-state index contributed by atoms with van der Waals surface area (Å²) in [5.41, 5.74) is -2.13. The number of hydrogen-bond donors (Lipinski definition) is 4. The van der Waals surface area contributed by atoms with E-state index in [1.807, 2.05) is 0 Å². The van der Waals surface area contributed by atoms with E-state index < -0.39 is 75.0 Å². The molecule has 13 heteroatoms. The molecule has 0 aliphatic heterocycles. The summed E-state index contributed by atoms with van der Waals surface area (Å²) in [5, 5.41) is 19.6. The van der Waals surface area contributed by atoms with Gasteiger partial charge in [-0.2, -0.15) is 16.8 Å². The van der Waals surface area contributed by atoms with Gasteiger partial charge in [0, 0.05) is 12.1 Å². The number of phenolic OH excluding ortho intramolecular Hbond substituents is 2. The number of ether oxygens (including phenoxy) is 1. The summed E-state index contributed by atoms with van der Waals surface area (Å²) >= 11 is 0. The lowest BCUT2D eigenvalue weighted by molar-refractivity contribution is 0.372. The topological polar surface area (TPSA) is 189 Å². The van der Waals surface area contributed by atoms with Gasteiger partial charge < -0.3 is 19.4 Å². The van der Waals surface area contributed by atoms with Crippen molar-refractivity contribution in [2.75, 3.05) is 7.11 Å². The van der Waals surface area contributed by atoms with Crippen molar-refractivity contribution in [1.29, 1.82) is 0 Å². The first-order valence-corrected chi connectivity index (χ1v) is 10.4. The molecule has 0 radical (unpaired) electrons. The minimum atomic E-state index is -4.88. The Hall–Kier alpha value is -3.13. The SMILES string of the molecule is COc1cc(S(=O)(=O)O)cc(-c2cc(=O)c3c(O)ccc(S(=O)(=O)O)c3o2)c1O. The fraction of sp³-hybridized carbons (Fsp3) is 0.0625. The van der Waals surface area contributed by atoms with E-state index in [4.69, 9.17) is 9.15 Å². The third-order valence-electron chi connectivity index (χ3n) is 3.93. The van der Waals surface area contributed by atoms with Crippen molar-refractivity contribution >= 4 is 31.2 Å². The second kappa shape index (κ2) is 6.73. The average Bonchev–Trinajstić information content (AvgIpc) is 2.59. The minimum Gasteiger partial charge on any atom is -0.507 e. The van der Waals surface area contributed by atoms with Gasteiger partial charge in [-0.1, -0.05) is 0 Å². The van der Waals surface area contributed by atoms with Crippen molar-refractivity contribution in [2.45, 2.75) is 9.79 Å². The smallest absolute Gasteiger partial charge is 0.298 e. The molecule has 3 aromatic rings. The van der Waals surface area contributed by atoms with Gasteiger partial charge in [0.2, 0.25) is 0 Å². The normalized spacial score (nSPS) is 12.2. The summed E-state index contributed by atoms with van der Waals surface area (Å²) in [6.07, 6.45) is 0. The molecule has 0 saturated heterocycles. The number of fused-ring (bicyclic) bond motifs is 1. The van der Waals surface area contributed by atoms with Crippen LogP contribution in [0.1, 0.15) is 0 Å². The van der Waals surface area contributed by atoms with E-state index in [9.17, 15) is 40.9 Å². The molecule has 0 amide bonds. The van der Waals surface area contributed by atoms with Crippen LogP contribution in [0.4, 0.5) is 0 Å². The highest BCUT2D eigenvalue weighted by Gasteiger charge is 2.24.